The number of esters is 1. The van der Waals surface area contributed by atoms with E-state index in [1.54, 1.807) is 35.9 Å². The van der Waals surface area contributed by atoms with E-state index >= 15 is 0 Å². The van der Waals surface area contributed by atoms with Gasteiger partial charge in [-0.15, -0.1) is 0 Å². The van der Waals surface area contributed by atoms with Gasteiger partial charge >= 0.3 is 5.97 Å². The molecule has 0 aliphatic carbocycles. The molecular formula is C27H25N3O4. The SMILES string of the molecule is CCOC(=O)c1cc(-c2cccc(NC(=O)COc3ccccc3)c2)n(-c2ccccc2C)n1. The average Bonchev–Trinajstić information content (AvgIpc) is 3.30. The highest BCUT2D eigenvalue weighted by atomic mass is 16.5. The first-order valence-corrected chi connectivity index (χ1v) is 11.0. The molecule has 34 heavy (non-hydrogen) atoms. The van der Waals surface area contributed by atoms with Crippen molar-refractivity contribution in [2.24, 2.45) is 0 Å². The summed E-state index contributed by atoms with van der Waals surface area (Å²) in [6, 6.07) is 26.0. The van der Waals surface area contributed by atoms with Gasteiger partial charge in [0.15, 0.2) is 12.3 Å². The molecule has 1 N–H and O–H groups in total. The molecule has 0 unspecified atom stereocenters. The summed E-state index contributed by atoms with van der Waals surface area (Å²) in [6.07, 6.45) is 0. The van der Waals surface area contributed by atoms with E-state index in [1.807, 2.05) is 67.6 Å². The number of nitrogens with zero attached hydrogens (tertiary/aromatic N) is 2. The highest BCUT2D eigenvalue weighted by Crippen LogP contribution is 2.28. The maximum atomic E-state index is 12.4. The summed E-state index contributed by atoms with van der Waals surface area (Å²) in [5.74, 6) is -0.140. The normalized spacial score (nSPS) is 10.5. The molecule has 7 heteroatoms. The van der Waals surface area contributed by atoms with Crippen LogP contribution in [0.1, 0.15) is 23.0 Å². The molecule has 0 bridgehead atoms. The van der Waals surface area contributed by atoms with Crippen LogP contribution < -0.4 is 10.1 Å². The molecule has 0 spiro atoms. The lowest BCUT2D eigenvalue weighted by molar-refractivity contribution is -0.118. The van der Waals surface area contributed by atoms with Crippen LogP contribution in [0.5, 0.6) is 5.75 Å². The van der Waals surface area contributed by atoms with Crippen molar-refractivity contribution in [1.29, 1.82) is 0 Å². The van der Waals surface area contributed by atoms with Gasteiger partial charge in [-0.25, -0.2) is 9.48 Å². The summed E-state index contributed by atoms with van der Waals surface area (Å²) < 4.78 is 12.4. The Hall–Kier alpha value is -4.39. The summed E-state index contributed by atoms with van der Waals surface area (Å²) in [7, 11) is 0. The number of rotatable bonds is 8. The maximum absolute atomic E-state index is 12.4. The minimum absolute atomic E-state index is 0.109. The number of ether oxygens (including phenoxy) is 2. The Balaban J connectivity index is 1.61. The first-order valence-electron chi connectivity index (χ1n) is 11.0. The van der Waals surface area contributed by atoms with Crippen molar-refractivity contribution in [1.82, 2.24) is 9.78 Å². The predicted molar refractivity (Wildman–Crippen MR) is 130 cm³/mol. The number of benzene rings is 3. The summed E-state index contributed by atoms with van der Waals surface area (Å²) in [6.45, 7) is 3.89. The fraction of sp³-hybridized carbons (Fsp3) is 0.148. The summed E-state index contributed by atoms with van der Waals surface area (Å²) in [5, 5.41) is 7.38. The number of aryl methyl sites for hydroxylation is 1. The van der Waals surface area contributed by atoms with Crippen molar-refractivity contribution in [2.45, 2.75) is 13.8 Å². The molecule has 4 aromatic rings. The van der Waals surface area contributed by atoms with Gasteiger partial charge in [0.05, 0.1) is 18.0 Å². The van der Waals surface area contributed by atoms with Crippen LogP contribution in [0.3, 0.4) is 0 Å². The molecule has 4 rings (SSSR count). The Bertz CT molecular complexity index is 1300. The van der Waals surface area contributed by atoms with Crippen LogP contribution in [0.25, 0.3) is 16.9 Å². The van der Waals surface area contributed by atoms with Crippen molar-refractivity contribution >= 4 is 17.6 Å². The fourth-order valence-corrected chi connectivity index (χ4v) is 3.50. The van der Waals surface area contributed by atoms with E-state index in [0.717, 1.165) is 16.8 Å². The topological polar surface area (TPSA) is 82.5 Å². The van der Waals surface area contributed by atoms with Crippen molar-refractivity contribution in [3.63, 3.8) is 0 Å². The lowest BCUT2D eigenvalue weighted by Gasteiger charge is -2.12. The monoisotopic (exact) mass is 455 g/mol. The van der Waals surface area contributed by atoms with Gasteiger partial charge in [-0.3, -0.25) is 4.79 Å². The molecule has 0 saturated carbocycles. The van der Waals surface area contributed by atoms with Crippen LogP contribution in [0, 0.1) is 6.92 Å². The first-order chi connectivity index (χ1) is 16.5. The van der Waals surface area contributed by atoms with Gasteiger partial charge in [0.2, 0.25) is 0 Å². The van der Waals surface area contributed by atoms with Crippen molar-refractivity contribution in [3.05, 3.63) is 96.2 Å². The molecule has 1 heterocycles. The standard InChI is InChI=1S/C27H25N3O4/c1-3-33-27(32)23-17-25(30(29-23)24-15-8-7-10-19(24)2)20-11-9-12-21(16-20)28-26(31)18-34-22-13-5-4-6-14-22/h4-17H,3,18H2,1-2H3,(H,28,31). The van der Waals surface area contributed by atoms with Crippen LogP contribution in [0.2, 0.25) is 0 Å². The fourth-order valence-electron chi connectivity index (χ4n) is 3.50. The third kappa shape index (κ3) is 5.32. The van der Waals surface area contributed by atoms with Gasteiger partial charge in [0.25, 0.3) is 5.91 Å². The summed E-state index contributed by atoms with van der Waals surface area (Å²) >= 11 is 0. The number of carbonyl (C=O) groups excluding carboxylic acids is 2. The Morgan fingerprint density at radius 1 is 0.941 bits per heavy atom. The third-order valence-corrected chi connectivity index (χ3v) is 5.09. The van der Waals surface area contributed by atoms with E-state index in [0.29, 0.717) is 17.1 Å². The zero-order valence-corrected chi connectivity index (χ0v) is 19.0. The molecule has 0 aliphatic heterocycles. The molecule has 0 radical (unpaired) electrons. The minimum Gasteiger partial charge on any atom is -0.484 e. The number of aromatic nitrogens is 2. The quantitative estimate of drug-likeness (QED) is 0.376. The van der Waals surface area contributed by atoms with Gasteiger partial charge in [-0.2, -0.15) is 5.10 Å². The van der Waals surface area contributed by atoms with Crippen LogP contribution in [-0.2, 0) is 9.53 Å². The molecule has 3 aromatic carbocycles. The van der Waals surface area contributed by atoms with Gasteiger partial charge in [-0.05, 0) is 55.8 Å². The molecular weight excluding hydrogens is 430 g/mol. The molecule has 0 atom stereocenters. The van der Waals surface area contributed by atoms with E-state index < -0.39 is 5.97 Å². The van der Waals surface area contributed by atoms with E-state index in [2.05, 4.69) is 10.4 Å². The smallest absolute Gasteiger partial charge is 0.358 e. The molecule has 172 valence electrons. The molecule has 0 saturated heterocycles. The van der Waals surface area contributed by atoms with Crippen LogP contribution in [0.15, 0.2) is 84.9 Å². The Morgan fingerprint density at radius 3 is 2.47 bits per heavy atom. The van der Waals surface area contributed by atoms with Gasteiger partial charge in [0, 0.05) is 11.3 Å². The largest absolute Gasteiger partial charge is 0.484 e. The molecule has 0 fully saturated rings. The number of amides is 1. The lowest BCUT2D eigenvalue weighted by atomic mass is 10.1. The van der Waals surface area contributed by atoms with Crippen molar-refractivity contribution < 1.29 is 19.1 Å². The third-order valence-electron chi connectivity index (χ3n) is 5.09. The van der Waals surface area contributed by atoms with E-state index in [4.69, 9.17) is 9.47 Å². The minimum atomic E-state index is -0.487. The second-order valence-electron chi connectivity index (χ2n) is 7.56. The molecule has 0 aliphatic rings. The van der Waals surface area contributed by atoms with Crippen LogP contribution >= 0.6 is 0 Å². The Labute approximate surface area is 197 Å². The van der Waals surface area contributed by atoms with Crippen molar-refractivity contribution in [3.8, 4) is 22.7 Å². The van der Waals surface area contributed by atoms with E-state index in [1.165, 1.54) is 0 Å². The Kier molecular flexibility index (Phi) is 7.03. The lowest BCUT2D eigenvalue weighted by Crippen LogP contribution is -2.20. The number of hydrogen-bond donors (Lipinski definition) is 1. The molecule has 1 amide bonds. The van der Waals surface area contributed by atoms with Crippen LogP contribution in [0.4, 0.5) is 5.69 Å². The molecule has 1 aromatic heterocycles. The van der Waals surface area contributed by atoms with Gasteiger partial charge < -0.3 is 14.8 Å². The van der Waals surface area contributed by atoms with E-state index in [-0.39, 0.29) is 24.8 Å². The summed E-state index contributed by atoms with van der Waals surface area (Å²) in [5.41, 5.74) is 4.16. The second kappa shape index (κ2) is 10.5. The predicted octanol–water partition coefficient (Wildman–Crippen LogP) is 5.04. The maximum Gasteiger partial charge on any atom is 0.358 e. The zero-order valence-electron chi connectivity index (χ0n) is 19.0. The number of carbonyl (C=O) groups is 2. The molecule has 7 nitrogen and oxygen atoms in total. The van der Waals surface area contributed by atoms with Crippen LogP contribution in [-0.4, -0.2) is 34.9 Å². The number of hydrogen-bond acceptors (Lipinski definition) is 5. The number of nitrogens with one attached hydrogen (secondary N) is 1. The van der Waals surface area contributed by atoms with Gasteiger partial charge in [-0.1, -0.05) is 48.5 Å². The Morgan fingerprint density at radius 2 is 1.71 bits per heavy atom. The van der Waals surface area contributed by atoms with Gasteiger partial charge in [0.1, 0.15) is 5.75 Å². The highest BCUT2D eigenvalue weighted by Gasteiger charge is 2.19. The zero-order chi connectivity index (χ0) is 23.9. The number of para-hydroxylation sites is 2. The highest BCUT2D eigenvalue weighted by molar-refractivity contribution is 5.93. The average molecular weight is 456 g/mol. The summed E-state index contributed by atoms with van der Waals surface area (Å²) in [4.78, 5) is 24.8. The number of anilines is 1. The van der Waals surface area contributed by atoms with Crippen molar-refractivity contribution in [2.75, 3.05) is 18.5 Å². The van der Waals surface area contributed by atoms with E-state index in [9.17, 15) is 9.59 Å². The second-order valence-corrected chi connectivity index (χ2v) is 7.56. The first kappa shape index (κ1) is 22.8.